The first-order valence-corrected chi connectivity index (χ1v) is 4.49. The minimum Gasteiger partial charge on any atom is -0.361 e. The first-order valence-electron chi connectivity index (χ1n) is 4.49. The second-order valence-electron chi connectivity index (χ2n) is 3.04. The van der Waals surface area contributed by atoms with Gasteiger partial charge < -0.3 is 4.74 Å². The van der Waals surface area contributed by atoms with E-state index in [9.17, 15) is 9.18 Å². The maximum absolute atomic E-state index is 12.5. The quantitative estimate of drug-likeness (QED) is 0.540. The van der Waals surface area contributed by atoms with Gasteiger partial charge in [0.1, 0.15) is 19.0 Å². The Kier molecular flexibility index (Phi) is 4.52. The summed E-state index contributed by atoms with van der Waals surface area (Å²) >= 11 is 0. The third-order valence-corrected chi connectivity index (χ3v) is 1.76. The summed E-state index contributed by atoms with van der Waals surface area (Å²) in [6.45, 7) is 0.136. The van der Waals surface area contributed by atoms with Gasteiger partial charge in [0.05, 0.1) is 0 Å². The van der Waals surface area contributed by atoms with E-state index in [1.165, 1.54) is 12.1 Å². The van der Waals surface area contributed by atoms with Crippen LogP contribution in [0.2, 0.25) is 0 Å². The van der Waals surface area contributed by atoms with E-state index in [1.54, 1.807) is 12.1 Å². The molecule has 78 valence electrons. The molecule has 3 heteroatoms. The van der Waals surface area contributed by atoms with Crippen LogP contribution in [0.3, 0.4) is 0 Å². The first kappa shape index (κ1) is 11.4. The average Bonchev–Trinajstić information content (AvgIpc) is 2.22. The number of hydrogen-bond acceptors (Lipinski definition) is 2. The van der Waals surface area contributed by atoms with Crippen molar-refractivity contribution in [3.8, 4) is 12.3 Å². The van der Waals surface area contributed by atoms with Crippen LogP contribution >= 0.6 is 0 Å². The van der Waals surface area contributed by atoms with Gasteiger partial charge in [-0.25, -0.2) is 4.39 Å². The lowest BCUT2D eigenvalue weighted by molar-refractivity contribution is -0.122. The molecule has 0 aliphatic heterocycles. The second kappa shape index (κ2) is 5.94. The topological polar surface area (TPSA) is 26.3 Å². The number of ketones is 1. The molecule has 2 nitrogen and oxygen atoms in total. The molecule has 0 aliphatic carbocycles. The molecule has 0 spiro atoms. The Bertz CT molecular complexity index is 362. The Morgan fingerprint density at radius 2 is 2.07 bits per heavy atom. The summed E-state index contributed by atoms with van der Waals surface area (Å²) < 4.78 is 17.4. The molecule has 0 fully saturated rings. The lowest BCUT2D eigenvalue weighted by atomic mass is 10.1. The molecule has 0 saturated heterocycles. The van der Waals surface area contributed by atoms with Gasteiger partial charge in [-0.3, -0.25) is 4.79 Å². The minimum absolute atomic E-state index is 0.00156. The first-order chi connectivity index (χ1) is 7.22. The molecule has 0 atom stereocenters. The number of Topliss-reactive ketones (excluding diaryl/α,β-unsaturated/α-hetero) is 1. The van der Waals surface area contributed by atoms with Crippen molar-refractivity contribution in [1.29, 1.82) is 0 Å². The van der Waals surface area contributed by atoms with Crippen LogP contribution in [-0.4, -0.2) is 19.0 Å². The van der Waals surface area contributed by atoms with Gasteiger partial charge >= 0.3 is 0 Å². The van der Waals surface area contributed by atoms with Crippen LogP contribution in [0.15, 0.2) is 24.3 Å². The van der Waals surface area contributed by atoms with Gasteiger partial charge in [-0.15, -0.1) is 6.42 Å². The number of carbonyl (C=O) groups excluding carboxylic acids is 1. The lowest BCUT2D eigenvalue weighted by Crippen LogP contribution is -2.11. The lowest BCUT2D eigenvalue weighted by Gasteiger charge is -2.00. The molecule has 1 aromatic carbocycles. The van der Waals surface area contributed by atoms with E-state index in [0.717, 1.165) is 5.56 Å². The van der Waals surface area contributed by atoms with E-state index >= 15 is 0 Å². The van der Waals surface area contributed by atoms with Gasteiger partial charge in [-0.1, -0.05) is 18.1 Å². The Hall–Kier alpha value is -1.66. The van der Waals surface area contributed by atoms with Gasteiger partial charge in [-0.05, 0) is 17.7 Å². The number of ether oxygens (including phenoxy) is 1. The number of hydrogen-bond donors (Lipinski definition) is 0. The van der Waals surface area contributed by atoms with Crippen molar-refractivity contribution in [2.45, 2.75) is 6.42 Å². The molecule has 15 heavy (non-hydrogen) atoms. The minimum atomic E-state index is -0.310. The van der Waals surface area contributed by atoms with Gasteiger partial charge in [0.15, 0.2) is 5.78 Å². The van der Waals surface area contributed by atoms with Crippen molar-refractivity contribution >= 4 is 5.78 Å². The highest BCUT2D eigenvalue weighted by molar-refractivity contribution is 5.82. The highest BCUT2D eigenvalue weighted by atomic mass is 19.1. The zero-order valence-electron chi connectivity index (χ0n) is 8.20. The number of halogens is 1. The van der Waals surface area contributed by atoms with Crippen LogP contribution in [-0.2, 0) is 16.0 Å². The predicted molar refractivity (Wildman–Crippen MR) is 54.8 cm³/mol. The largest absolute Gasteiger partial charge is 0.361 e. The molecular weight excluding hydrogens is 195 g/mol. The zero-order chi connectivity index (χ0) is 11.1. The molecule has 0 saturated carbocycles. The third kappa shape index (κ3) is 4.39. The molecular formula is C12H11FO2. The summed E-state index contributed by atoms with van der Waals surface area (Å²) in [6, 6.07) is 5.80. The fourth-order valence-electron chi connectivity index (χ4n) is 1.10. The van der Waals surface area contributed by atoms with Crippen LogP contribution in [0.1, 0.15) is 5.56 Å². The maximum Gasteiger partial charge on any atom is 0.162 e. The SMILES string of the molecule is C#CCOCC(=O)Cc1ccc(F)cc1. The summed E-state index contributed by atoms with van der Waals surface area (Å²) in [6.07, 6.45) is 5.20. The van der Waals surface area contributed by atoms with E-state index in [2.05, 4.69) is 5.92 Å². The van der Waals surface area contributed by atoms with E-state index in [4.69, 9.17) is 11.2 Å². The van der Waals surface area contributed by atoms with Crippen LogP contribution in [0.5, 0.6) is 0 Å². The summed E-state index contributed by atoms with van der Waals surface area (Å²) in [5, 5.41) is 0. The monoisotopic (exact) mass is 206 g/mol. The Balaban J connectivity index is 2.38. The van der Waals surface area contributed by atoms with Crippen LogP contribution in [0, 0.1) is 18.2 Å². The smallest absolute Gasteiger partial charge is 0.162 e. The van der Waals surface area contributed by atoms with Crippen molar-refractivity contribution in [1.82, 2.24) is 0 Å². The van der Waals surface area contributed by atoms with Gasteiger partial charge in [0, 0.05) is 6.42 Å². The van der Waals surface area contributed by atoms with E-state index in [-0.39, 0.29) is 31.2 Å². The van der Waals surface area contributed by atoms with Crippen molar-refractivity contribution < 1.29 is 13.9 Å². The molecule has 0 heterocycles. The maximum atomic E-state index is 12.5. The number of carbonyl (C=O) groups is 1. The normalized spacial score (nSPS) is 9.60. The summed E-state index contributed by atoms with van der Waals surface area (Å²) in [5.74, 6) is 1.89. The fourth-order valence-corrected chi connectivity index (χ4v) is 1.10. The molecule has 0 aliphatic rings. The molecule has 0 N–H and O–H groups in total. The summed E-state index contributed by atoms with van der Waals surface area (Å²) in [5.41, 5.74) is 0.769. The van der Waals surface area contributed by atoms with Crippen molar-refractivity contribution in [3.05, 3.63) is 35.6 Å². The molecule has 0 amide bonds. The van der Waals surface area contributed by atoms with Crippen molar-refractivity contribution in [2.75, 3.05) is 13.2 Å². The van der Waals surface area contributed by atoms with Gasteiger partial charge in [-0.2, -0.15) is 0 Å². The molecule has 0 aromatic heterocycles. The van der Waals surface area contributed by atoms with Crippen LogP contribution in [0.25, 0.3) is 0 Å². The van der Waals surface area contributed by atoms with E-state index in [0.29, 0.717) is 0 Å². The van der Waals surface area contributed by atoms with Crippen molar-refractivity contribution in [3.63, 3.8) is 0 Å². The van der Waals surface area contributed by atoms with Crippen LogP contribution in [0.4, 0.5) is 4.39 Å². The Morgan fingerprint density at radius 3 is 2.67 bits per heavy atom. The van der Waals surface area contributed by atoms with E-state index < -0.39 is 0 Å². The van der Waals surface area contributed by atoms with E-state index in [1.807, 2.05) is 0 Å². The number of rotatable bonds is 5. The summed E-state index contributed by atoms with van der Waals surface area (Å²) in [4.78, 5) is 11.3. The Labute approximate surface area is 88.1 Å². The molecule has 0 bridgehead atoms. The van der Waals surface area contributed by atoms with Crippen molar-refractivity contribution in [2.24, 2.45) is 0 Å². The molecule has 0 radical (unpaired) electrons. The summed E-state index contributed by atoms with van der Waals surface area (Å²) in [7, 11) is 0. The highest BCUT2D eigenvalue weighted by Gasteiger charge is 2.03. The highest BCUT2D eigenvalue weighted by Crippen LogP contribution is 2.03. The predicted octanol–water partition coefficient (Wildman–Crippen LogP) is 1.59. The molecule has 1 aromatic rings. The van der Waals surface area contributed by atoms with Gasteiger partial charge in [0.25, 0.3) is 0 Å². The van der Waals surface area contributed by atoms with Crippen LogP contribution < -0.4 is 0 Å². The standard InChI is InChI=1S/C12H11FO2/c1-2-7-15-9-12(14)8-10-3-5-11(13)6-4-10/h1,3-6H,7-9H2. The molecule has 0 unspecified atom stereocenters. The molecule has 1 rings (SSSR count). The Morgan fingerprint density at radius 1 is 1.40 bits per heavy atom. The third-order valence-electron chi connectivity index (χ3n) is 1.76. The average molecular weight is 206 g/mol. The number of benzene rings is 1. The number of terminal acetylenes is 1. The van der Waals surface area contributed by atoms with Gasteiger partial charge in [0.2, 0.25) is 0 Å². The second-order valence-corrected chi connectivity index (χ2v) is 3.04. The fraction of sp³-hybridized carbons (Fsp3) is 0.250. The zero-order valence-corrected chi connectivity index (χ0v) is 8.20.